The second kappa shape index (κ2) is 6.31. The Hall–Kier alpha value is -1.81. The summed E-state index contributed by atoms with van der Waals surface area (Å²) in [6.45, 7) is 0. The van der Waals surface area contributed by atoms with Crippen molar-refractivity contribution in [1.29, 1.82) is 0 Å². The second-order valence-corrected chi connectivity index (χ2v) is 5.31. The zero-order chi connectivity index (χ0) is 15.5. The largest absolute Gasteiger partial charge is 0.573 e. The molecule has 0 amide bonds. The van der Waals surface area contributed by atoms with Crippen LogP contribution in [0.4, 0.5) is 24.1 Å². The molecular formula is C11H8BrF3N4OS. The first-order valence-corrected chi connectivity index (χ1v) is 7.07. The molecule has 2 aromatic rings. The van der Waals surface area contributed by atoms with Gasteiger partial charge in [-0.15, -0.1) is 24.5 Å². The molecule has 2 rings (SSSR count). The van der Waals surface area contributed by atoms with Crippen LogP contribution in [0.15, 0.2) is 33.2 Å². The van der Waals surface area contributed by atoms with E-state index in [4.69, 9.17) is 5.73 Å². The summed E-state index contributed by atoms with van der Waals surface area (Å²) in [6.07, 6.45) is -3.42. The van der Waals surface area contributed by atoms with Crippen LogP contribution in [0, 0.1) is 0 Å². The Labute approximate surface area is 129 Å². The van der Waals surface area contributed by atoms with E-state index >= 15 is 0 Å². The van der Waals surface area contributed by atoms with Gasteiger partial charge in [0.25, 0.3) is 0 Å². The Morgan fingerprint density at radius 1 is 1.43 bits per heavy atom. The van der Waals surface area contributed by atoms with Gasteiger partial charge in [-0.3, -0.25) is 5.43 Å². The van der Waals surface area contributed by atoms with Crippen molar-refractivity contribution >= 4 is 44.4 Å². The van der Waals surface area contributed by atoms with Crippen LogP contribution in [-0.4, -0.2) is 17.6 Å². The number of nitrogens with one attached hydrogen (secondary N) is 1. The van der Waals surface area contributed by atoms with Gasteiger partial charge < -0.3 is 10.5 Å². The summed E-state index contributed by atoms with van der Waals surface area (Å²) in [5, 5.41) is 5.98. The minimum Gasteiger partial charge on any atom is -0.405 e. The maximum absolute atomic E-state index is 12.2. The van der Waals surface area contributed by atoms with Crippen LogP contribution in [0.2, 0.25) is 0 Å². The lowest BCUT2D eigenvalue weighted by molar-refractivity contribution is -0.274. The first-order chi connectivity index (χ1) is 9.85. The molecule has 5 nitrogen and oxygen atoms in total. The van der Waals surface area contributed by atoms with Crippen molar-refractivity contribution in [3.05, 3.63) is 33.6 Å². The molecule has 0 aliphatic heterocycles. The summed E-state index contributed by atoms with van der Waals surface area (Å²) >= 11 is 4.30. The number of thiazole rings is 1. The van der Waals surface area contributed by atoms with Crippen molar-refractivity contribution in [2.75, 3.05) is 11.2 Å². The minimum atomic E-state index is -4.76. The van der Waals surface area contributed by atoms with Crippen molar-refractivity contribution in [2.45, 2.75) is 6.36 Å². The Balaban J connectivity index is 2.11. The number of rotatable bonds is 4. The second-order valence-electron chi connectivity index (χ2n) is 3.65. The highest BCUT2D eigenvalue weighted by Crippen LogP contribution is 2.32. The molecule has 0 radical (unpaired) electrons. The Kier molecular flexibility index (Phi) is 4.68. The number of nitrogen functional groups attached to an aromatic ring is 1. The number of ether oxygens (including phenoxy) is 1. The molecule has 0 aliphatic rings. The predicted molar refractivity (Wildman–Crippen MR) is 78.6 cm³/mol. The molecule has 0 bridgehead atoms. The molecule has 10 heteroatoms. The van der Waals surface area contributed by atoms with Crippen LogP contribution in [0.3, 0.4) is 0 Å². The normalized spacial score (nSPS) is 11.8. The van der Waals surface area contributed by atoms with Crippen molar-refractivity contribution in [1.82, 2.24) is 4.98 Å². The van der Waals surface area contributed by atoms with Crippen molar-refractivity contribution < 1.29 is 17.9 Å². The first-order valence-electron chi connectivity index (χ1n) is 5.39. The molecule has 0 saturated carbocycles. The molecule has 0 atom stereocenters. The van der Waals surface area contributed by atoms with E-state index in [2.05, 4.69) is 36.2 Å². The SMILES string of the molecule is Nc1csc(NN=Cc2cccc(OC(F)(F)F)c2Br)n1. The Bertz CT molecular complexity index is 659. The zero-order valence-corrected chi connectivity index (χ0v) is 12.6. The lowest BCUT2D eigenvalue weighted by Crippen LogP contribution is -2.17. The summed E-state index contributed by atoms with van der Waals surface area (Å²) in [7, 11) is 0. The molecule has 0 spiro atoms. The van der Waals surface area contributed by atoms with Gasteiger partial charge in [-0.2, -0.15) is 5.10 Å². The van der Waals surface area contributed by atoms with Gasteiger partial charge in [0.15, 0.2) is 0 Å². The van der Waals surface area contributed by atoms with E-state index in [-0.39, 0.29) is 10.2 Å². The third kappa shape index (κ3) is 4.60. The maximum Gasteiger partial charge on any atom is 0.573 e. The quantitative estimate of drug-likeness (QED) is 0.624. The monoisotopic (exact) mass is 380 g/mol. The Morgan fingerprint density at radius 2 is 2.19 bits per heavy atom. The lowest BCUT2D eigenvalue weighted by Gasteiger charge is -2.11. The standard InChI is InChI=1S/C11H8BrF3N4OS/c12-9-6(2-1-3-7(9)20-11(13,14)15)4-17-19-10-18-8(16)5-21-10/h1-5H,16H2,(H,18,19). The van der Waals surface area contributed by atoms with Gasteiger partial charge in [0.1, 0.15) is 11.6 Å². The molecule has 1 heterocycles. The van der Waals surface area contributed by atoms with Crippen LogP contribution in [0.5, 0.6) is 5.75 Å². The molecular weight excluding hydrogens is 373 g/mol. The number of hydrazone groups is 1. The van der Waals surface area contributed by atoms with Gasteiger partial charge in [0, 0.05) is 10.9 Å². The molecule has 0 fully saturated rings. The smallest absolute Gasteiger partial charge is 0.405 e. The Morgan fingerprint density at radius 3 is 2.81 bits per heavy atom. The molecule has 1 aromatic carbocycles. The van der Waals surface area contributed by atoms with E-state index in [0.29, 0.717) is 16.5 Å². The summed E-state index contributed by atoms with van der Waals surface area (Å²) in [5.74, 6) is 0.0180. The number of hydrogen-bond acceptors (Lipinski definition) is 6. The zero-order valence-electron chi connectivity index (χ0n) is 10.2. The van der Waals surface area contributed by atoms with Crippen LogP contribution in [0.25, 0.3) is 0 Å². The number of nitrogens with two attached hydrogens (primary N) is 1. The van der Waals surface area contributed by atoms with Gasteiger partial charge >= 0.3 is 6.36 Å². The van der Waals surface area contributed by atoms with Crippen molar-refractivity contribution in [3.8, 4) is 5.75 Å². The minimum absolute atomic E-state index is 0.145. The highest BCUT2D eigenvalue weighted by atomic mass is 79.9. The fraction of sp³-hybridized carbons (Fsp3) is 0.0909. The van der Waals surface area contributed by atoms with Crippen molar-refractivity contribution in [3.63, 3.8) is 0 Å². The van der Waals surface area contributed by atoms with Gasteiger partial charge in [-0.1, -0.05) is 12.1 Å². The number of hydrogen-bond donors (Lipinski definition) is 2. The number of anilines is 2. The maximum atomic E-state index is 12.2. The highest BCUT2D eigenvalue weighted by molar-refractivity contribution is 9.10. The first kappa shape index (κ1) is 15.6. The summed E-state index contributed by atoms with van der Waals surface area (Å²) in [6, 6.07) is 4.20. The molecule has 0 saturated heterocycles. The van der Waals surface area contributed by atoms with Crippen LogP contribution in [0.1, 0.15) is 5.56 Å². The molecule has 0 unspecified atom stereocenters. The van der Waals surface area contributed by atoms with Gasteiger partial charge in [-0.25, -0.2) is 4.98 Å². The number of halogens is 4. The summed E-state index contributed by atoms with van der Waals surface area (Å²) < 4.78 is 40.7. The van der Waals surface area contributed by atoms with Gasteiger partial charge in [0.2, 0.25) is 5.13 Å². The molecule has 1 aromatic heterocycles. The van der Waals surface area contributed by atoms with Crippen LogP contribution in [-0.2, 0) is 0 Å². The summed E-state index contributed by atoms with van der Waals surface area (Å²) in [5.41, 5.74) is 8.47. The predicted octanol–water partition coefficient (Wildman–Crippen LogP) is 3.83. The van der Waals surface area contributed by atoms with E-state index in [1.807, 2.05) is 0 Å². The van der Waals surface area contributed by atoms with Gasteiger partial charge in [0.05, 0.1) is 10.7 Å². The highest BCUT2D eigenvalue weighted by Gasteiger charge is 2.32. The van der Waals surface area contributed by atoms with Crippen LogP contribution < -0.4 is 15.9 Å². The van der Waals surface area contributed by atoms with E-state index < -0.39 is 6.36 Å². The molecule has 112 valence electrons. The number of nitrogens with zero attached hydrogens (tertiary/aromatic N) is 2. The molecule has 0 aliphatic carbocycles. The van der Waals surface area contributed by atoms with E-state index in [1.54, 1.807) is 11.4 Å². The fourth-order valence-electron chi connectivity index (χ4n) is 1.33. The average Bonchev–Trinajstić information content (AvgIpc) is 2.78. The van der Waals surface area contributed by atoms with Gasteiger partial charge in [-0.05, 0) is 22.0 Å². The van der Waals surface area contributed by atoms with E-state index in [0.717, 1.165) is 0 Å². The van der Waals surface area contributed by atoms with E-state index in [1.165, 1.54) is 29.7 Å². The number of aromatic nitrogens is 1. The lowest BCUT2D eigenvalue weighted by atomic mass is 10.2. The number of alkyl halides is 3. The third-order valence-electron chi connectivity index (χ3n) is 2.10. The van der Waals surface area contributed by atoms with E-state index in [9.17, 15) is 13.2 Å². The van der Waals surface area contributed by atoms with Crippen molar-refractivity contribution in [2.24, 2.45) is 5.10 Å². The summed E-state index contributed by atoms with van der Waals surface area (Å²) in [4.78, 5) is 3.92. The molecule has 3 N–H and O–H groups in total. The average molecular weight is 381 g/mol. The third-order valence-corrected chi connectivity index (χ3v) is 3.72. The number of benzene rings is 1. The van der Waals surface area contributed by atoms with Crippen LogP contribution >= 0.6 is 27.3 Å². The topological polar surface area (TPSA) is 72.5 Å². The molecule has 21 heavy (non-hydrogen) atoms. The fourth-order valence-corrected chi connectivity index (χ4v) is 2.32.